The molecule has 0 heterocycles. The summed E-state index contributed by atoms with van der Waals surface area (Å²) in [5.41, 5.74) is 0.0930. The third-order valence-corrected chi connectivity index (χ3v) is 4.60. The van der Waals surface area contributed by atoms with E-state index < -0.39 is 20.7 Å². The van der Waals surface area contributed by atoms with E-state index in [4.69, 9.17) is 34.8 Å². The van der Waals surface area contributed by atoms with Gasteiger partial charge in [-0.1, -0.05) is 40.9 Å². The predicted octanol–water partition coefficient (Wildman–Crippen LogP) is 4.59. The highest BCUT2D eigenvalue weighted by molar-refractivity contribution is 7.92. The predicted molar refractivity (Wildman–Crippen MR) is 78.7 cm³/mol. The van der Waals surface area contributed by atoms with Gasteiger partial charge in [-0.15, -0.1) is 0 Å². The molecule has 2 rings (SSSR count). The van der Waals surface area contributed by atoms with Crippen LogP contribution in [0.1, 0.15) is 0 Å². The molecule has 0 saturated carbocycles. The lowest BCUT2D eigenvalue weighted by Gasteiger charge is -2.11. The zero-order valence-electron chi connectivity index (χ0n) is 9.70. The molecule has 0 bridgehead atoms. The van der Waals surface area contributed by atoms with E-state index in [1.807, 2.05) is 0 Å². The van der Waals surface area contributed by atoms with Crippen LogP contribution in [0.2, 0.25) is 15.1 Å². The first-order chi connectivity index (χ1) is 9.31. The maximum atomic E-state index is 13.8. The fourth-order valence-corrected chi connectivity index (χ4v) is 3.39. The monoisotopic (exact) mass is 353 g/mol. The largest absolute Gasteiger partial charge is 0.278 e. The number of hydrogen-bond donors (Lipinski definition) is 1. The van der Waals surface area contributed by atoms with Crippen LogP contribution < -0.4 is 4.72 Å². The molecule has 20 heavy (non-hydrogen) atoms. The van der Waals surface area contributed by atoms with Crippen molar-refractivity contribution in [3.8, 4) is 0 Å². The molecule has 0 spiro atoms. The molecule has 8 heteroatoms. The third-order valence-electron chi connectivity index (χ3n) is 2.38. The Morgan fingerprint density at radius 1 is 1.00 bits per heavy atom. The minimum absolute atomic E-state index is 0.0930. The topological polar surface area (TPSA) is 46.2 Å². The zero-order chi connectivity index (χ0) is 14.9. The minimum atomic E-state index is -4.14. The van der Waals surface area contributed by atoms with Crippen LogP contribution in [0.25, 0.3) is 0 Å². The quantitative estimate of drug-likeness (QED) is 0.876. The molecule has 0 radical (unpaired) electrons. The molecule has 2 aromatic carbocycles. The standard InChI is InChI=1S/C12H7Cl3FNO2S/c13-7-4-5-10(9(15)6-7)17-20(18,19)11-3-1-2-8(14)12(11)16/h1-6,17H. The highest BCUT2D eigenvalue weighted by Gasteiger charge is 2.21. The van der Waals surface area contributed by atoms with Gasteiger partial charge in [-0.25, -0.2) is 12.8 Å². The van der Waals surface area contributed by atoms with E-state index in [0.29, 0.717) is 5.02 Å². The molecule has 0 aliphatic rings. The average molecular weight is 355 g/mol. The third kappa shape index (κ3) is 3.17. The van der Waals surface area contributed by atoms with Crippen molar-refractivity contribution in [2.24, 2.45) is 0 Å². The molecular formula is C12H7Cl3FNO2S. The maximum Gasteiger partial charge on any atom is 0.264 e. The van der Waals surface area contributed by atoms with Crippen LogP contribution >= 0.6 is 34.8 Å². The van der Waals surface area contributed by atoms with E-state index in [1.54, 1.807) is 0 Å². The second-order valence-corrected chi connectivity index (χ2v) is 6.68. The van der Waals surface area contributed by atoms with Gasteiger partial charge in [0.1, 0.15) is 4.90 Å². The van der Waals surface area contributed by atoms with Gasteiger partial charge in [0.05, 0.1) is 15.7 Å². The first kappa shape index (κ1) is 15.4. The molecule has 0 aliphatic heterocycles. The molecule has 0 aliphatic carbocycles. The second-order valence-electron chi connectivity index (χ2n) is 3.78. The van der Waals surface area contributed by atoms with Crippen LogP contribution in [-0.2, 0) is 10.0 Å². The Labute approximate surface area is 130 Å². The summed E-state index contributed by atoms with van der Waals surface area (Å²) in [7, 11) is -4.14. The highest BCUT2D eigenvalue weighted by atomic mass is 35.5. The zero-order valence-corrected chi connectivity index (χ0v) is 12.8. The molecule has 0 saturated heterocycles. The lowest BCUT2D eigenvalue weighted by Crippen LogP contribution is -2.15. The van der Waals surface area contributed by atoms with E-state index in [1.165, 1.54) is 30.3 Å². The number of halogens is 4. The van der Waals surface area contributed by atoms with Crippen LogP contribution in [0.15, 0.2) is 41.3 Å². The van der Waals surface area contributed by atoms with Crippen molar-refractivity contribution in [3.63, 3.8) is 0 Å². The van der Waals surface area contributed by atoms with Gasteiger partial charge in [-0.2, -0.15) is 0 Å². The molecule has 1 N–H and O–H groups in total. The SMILES string of the molecule is O=S(=O)(Nc1ccc(Cl)cc1Cl)c1cccc(Cl)c1F. The molecule has 3 nitrogen and oxygen atoms in total. The number of benzene rings is 2. The molecule has 2 aromatic rings. The van der Waals surface area contributed by atoms with E-state index in [-0.39, 0.29) is 15.7 Å². The molecular weight excluding hydrogens is 348 g/mol. The Balaban J connectivity index is 2.44. The van der Waals surface area contributed by atoms with Crippen molar-refractivity contribution < 1.29 is 12.8 Å². The molecule has 0 atom stereocenters. The van der Waals surface area contributed by atoms with Crippen molar-refractivity contribution in [1.82, 2.24) is 0 Å². The summed E-state index contributed by atoms with van der Waals surface area (Å²) < 4.78 is 40.2. The Hall–Kier alpha value is -1.01. The van der Waals surface area contributed by atoms with E-state index in [0.717, 1.165) is 6.07 Å². The number of rotatable bonds is 3. The summed E-state index contributed by atoms with van der Waals surface area (Å²) in [5, 5.41) is 0.172. The minimum Gasteiger partial charge on any atom is -0.278 e. The first-order valence-corrected chi connectivity index (χ1v) is 7.85. The number of sulfonamides is 1. The summed E-state index contributed by atoms with van der Waals surface area (Å²) in [6.45, 7) is 0. The highest BCUT2D eigenvalue weighted by Crippen LogP contribution is 2.29. The average Bonchev–Trinajstić information content (AvgIpc) is 2.36. The van der Waals surface area contributed by atoms with Gasteiger partial charge in [0.15, 0.2) is 5.82 Å². The van der Waals surface area contributed by atoms with Crippen LogP contribution in [0.4, 0.5) is 10.1 Å². The lowest BCUT2D eigenvalue weighted by molar-refractivity contribution is 0.570. The van der Waals surface area contributed by atoms with Gasteiger partial charge in [-0.05, 0) is 30.3 Å². The van der Waals surface area contributed by atoms with Crippen molar-refractivity contribution >= 4 is 50.5 Å². The molecule has 0 fully saturated rings. The van der Waals surface area contributed by atoms with Gasteiger partial charge in [-0.3, -0.25) is 4.72 Å². The van der Waals surface area contributed by atoms with Crippen molar-refractivity contribution in [1.29, 1.82) is 0 Å². The van der Waals surface area contributed by atoms with Crippen molar-refractivity contribution in [3.05, 3.63) is 57.3 Å². The Morgan fingerprint density at radius 3 is 2.35 bits per heavy atom. The van der Waals surface area contributed by atoms with Gasteiger partial charge in [0.2, 0.25) is 0 Å². The first-order valence-electron chi connectivity index (χ1n) is 5.23. The smallest absolute Gasteiger partial charge is 0.264 e. The summed E-state index contributed by atoms with van der Waals surface area (Å²) in [6, 6.07) is 7.90. The molecule has 0 unspecified atom stereocenters. The molecule has 0 aromatic heterocycles. The van der Waals surface area contributed by atoms with Gasteiger partial charge in [0, 0.05) is 5.02 Å². The number of hydrogen-bond acceptors (Lipinski definition) is 2. The van der Waals surface area contributed by atoms with E-state index >= 15 is 0 Å². The van der Waals surface area contributed by atoms with Crippen LogP contribution in [0, 0.1) is 5.82 Å². The summed E-state index contributed by atoms with van der Waals surface area (Å²) in [5.74, 6) is -1.02. The lowest BCUT2D eigenvalue weighted by atomic mass is 10.3. The Morgan fingerprint density at radius 2 is 1.70 bits per heavy atom. The summed E-state index contributed by atoms with van der Waals surface area (Å²) in [4.78, 5) is -0.559. The van der Waals surface area contributed by atoms with Crippen LogP contribution in [0.5, 0.6) is 0 Å². The van der Waals surface area contributed by atoms with Crippen LogP contribution in [0.3, 0.4) is 0 Å². The summed E-state index contributed by atoms with van der Waals surface area (Å²) in [6.07, 6.45) is 0. The van der Waals surface area contributed by atoms with Crippen molar-refractivity contribution in [2.45, 2.75) is 4.90 Å². The fraction of sp³-hybridized carbons (Fsp3) is 0. The Kier molecular flexibility index (Phi) is 4.44. The van der Waals surface area contributed by atoms with E-state index in [9.17, 15) is 12.8 Å². The molecule has 106 valence electrons. The maximum absolute atomic E-state index is 13.8. The second kappa shape index (κ2) is 5.77. The van der Waals surface area contributed by atoms with Crippen molar-refractivity contribution in [2.75, 3.05) is 4.72 Å². The normalized spacial score (nSPS) is 11.4. The molecule has 0 amide bonds. The van der Waals surface area contributed by atoms with Gasteiger partial charge >= 0.3 is 0 Å². The van der Waals surface area contributed by atoms with E-state index in [2.05, 4.69) is 4.72 Å². The number of anilines is 1. The van der Waals surface area contributed by atoms with Gasteiger partial charge < -0.3 is 0 Å². The van der Waals surface area contributed by atoms with Gasteiger partial charge in [0.25, 0.3) is 10.0 Å². The van der Waals surface area contributed by atoms with Crippen LogP contribution in [-0.4, -0.2) is 8.42 Å². The fourth-order valence-electron chi connectivity index (χ4n) is 1.46. The number of nitrogens with one attached hydrogen (secondary N) is 1. The summed E-state index contributed by atoms with van der Waals surface area (Å²) >= 11 is 17.1. The Bertz CT molecular complexity index is 765.